The van der Waals surface area contributed by atoms with Gasteiger partial charge in [-0.15, -0.1) is 0 Å². The van der Waals surface area contributed by atoms with E-state index in [1.807, 2.05) is 0 Å². The van der Waals surface area contributed by atoms with Gasteiger partial charge in [0.25, 0.3) is 0 Å². The summed E-state index contributed by atoms with van der Waals surface area (Å²) in [5.41, 5.74) is 29.5. The highest BCUT2D eigenvalue weighted by atomic mass is 19.1. The molecule has 1 saturated carbocycles. The molecule has 0 aromatic rings. The number of carbonyl (C=O) groups is 1. The number of rotatable bonds is 15. The van der Waals surface area contributed by atoms with Crippen molar-refractivity contribution in [2.75, 3.05) is 32.8 Å². The monoisotopic (exact) mass is 669 g/mol. The van der Waals surface area contributed by atoms with E-state index in [4.69, 9.17) is 52.7 Å². The number of Topliss-reactive ketones (excluding diaryl/α,β-unsaturated/α-hetero) is 1. The number of aliphatic imine (C=N–C) groups is 1. The van der Waals surface area contributed by atoms with Crippen LogP contribution in [0.4, 0.5) is 4.39 Å². The van der Waals surface area contributed by atoms with Crippen molar-refractivity contribution in [3.05, 3.63) is 0 Å². The van der Waals surface area contributed by atoms with Crippen LogP contribution in [0.15, 0.2) is 4.99 Å². The van der Waals surface area contributed by atoms with Gasteiger partial charge in [0.2, 0.25) is 0 Å². The predicted molar refractivity (Wildman–Crippen MR) is 159 cm³/mol. The molecular formula is C27H52FN7O11. The average molecular weight is 670 g/mol. The van der Waals surface area contributed by atoms with Crippen molar-refractivity contribution in [1.82, 2.24) is 5.32 Å². The van der Waals surface area contributed by atoms with Gasteiger partial charge in [-0.05, 0) is 38.1 Å². The fraction of sp³-hybridized carbons (Fsp3) is 0.926. The molecular weight excluding hydrogens is 617 g/mol. The standard InChI is InChI=1S/C27H52FN7O11/c28-19-23(45-26-22(42)20(21(41)18(10-37)44-26)35-27(33)34-4-1-5-36)11(7-15(39)14(38)2-3-29)6-12(31)24(19)46-25-13(32)8-16(40)17(9-30)43-25/h11-14,16-26,36-38,40-42H,1-10,29-32H2,(H3,33,34,35)/t11-,12?,13?,14-,16-,17?,18+,19+,20?,21+,22+,23?,24+,25+,26?/m0/s1. The van der Waals surface area contributed by atoms with Crippen LogP contribution >= 0.6 is 0 Å². The Morgan fingerprint density at radius 2 is 1.67 bits per heavy atom. The van der Waals surface area contributed by atoms with Crippen LogP contribution in [0.25, 0.3) is 0 Å². The third-order valence-corrected chi connectivity index (χ3v) is 8.58. The molecule has 268 valence electrons. The normalized spacial score (nSPS) is 41.2. The third kappa shape index (κ3) is 9.69. The Morgan fingerprint density at radius 3 is 2.30 bits per heavy atom. The van der Waals surface area contributed by atoms with Gasteiger partial charge in [-0.25, -0.2) is 4.39 Å². The molecule has 19 heteroatoms. The number of aliphatic hydroxyl groups is 6. The minimum Gasteiger partial charge on any atom is -0.396 e. The van der Waals surface area contributed by atoms with Gasteiger partial charge in [0.1, 0.15) is 30.5 Å². The lowest BCUT2D eigenvalue weighted by Crippen LogP contribution is -2.67. The summed E-state index contributed by atoms with van der Waals surface area (Å²) in [6.07, 6.45) is -15.6. The molecule has 0 amide bonds. The average Bonchev–Trinajstić information content (AvgIpc) is 3.01. The third-order valence-electron chi connectivity index (χ3n) is 8.58. The van der Waals surface area contributed by atoms with Crippen molar-refractivity contribution in [1.29, 1.82) is 0 Å². The van der Waals surface area contributed by atoms with Crippen LogP contribution in [0.2, 0.25) is 0 Å². The first-order chi connectivity index (χ1) is 21.9. The van der Waals surface area contributed by atoms with E-state index in [0.717, 1.165) is 0 Å². The van der Waals surface area contributed by atoms with E-state index in [1.54, 1.807) is 0 Å². The maximum Gasteiger partial charge on any atom is 0.188 e. The van der Waals surface area contributed by atoms with Crippen molar-refractivity contribution in [3.63, 3.8) is 0 Å². The van der Waals surface area contributed by atoms with Crippen LogP contribution in [0.5, 0.6) is 0 Å². The molecule has 17 N–H and O–H groups in total. The molecule has 0 bridgehead atoms. The van der Waals surface area contributed by atoms with Gasteiger partial charge in [-0.2, -0.15) is 0 Å². The topological polar surface area (TPSA) is 330 Å². The quantitative estimate of drug-likeness (QED) is 0.0438. The summed E-state index contributed by atoms with van der Waals surface area (Å²) in [7, 11) is 0. The second-order valence-electron chi connectivity index (χ2n) is 12.0. The SMILES string of the molecule is NCC[C@H](O)C(=O)C[C@@H]1CC(N)[C@@H](O[C@H]2OC(CN)[C@@H](O)CC2N)[C@H](F)C1OC1O[C@H](CO)[C@@H](O)C(NC(N)=NCCCO)[C@H]1O. The van der Waals surface area contributed by atoms with Crippen molar-refractivity contribution in [3.8, 4) is 0 Å². The molecule has 1 aliphatic carbocycles. The van der Waals surface area contributed by atoms with Crippen LogP contribution in [-0.4, -0.2) is 161 Å². The number of carbonyl (C=O) groups excluding carboxylic acids is 1. The molecule has 3 aliphatic rings. The molecule has 0 aromatic carbocycles. The van der Waals surface area contributed by atoms with Crippen molar-refractivity contribution in [2.45, 2.75) is 118 Å². The number of ketones is 1. The smallest absolute Gasteiger partial charge is 0.188 e. The molecule has 2 heterocycles. The zero-order valence-electron chi connectivity index (χ0n) is 25.7. The molecule has 0 radical (unpaired) electrons. The molecule has 2 saturated heterocycles. The summed E-state index contributed by atoms with van der Waals surface area (Å²) in [6, 6.07) is -3.16. The fourth-order valence-corrected chi connectivity index (χ4v) is 5.99. The van der Waals surface area contributed by atoms with Gasteiger partial charge in [-0.1, -0.05) is 0 Å². The Morgan fingerprint density at radius 1 is 1.00 bits per heavy atom. The Kier molecular flexibility index (Phi) is 15.3. The molecule has 3 fully saturated rings. The fourth-order valence-electron chi connectivity index (χ4n) is 5.99. The minimum absolute atomic E-state index is 0.0197. The largest absolute Gasteiger partial charge is 0.396 e. The van der Waals surface area contributed by atoms with Gasteiger partial charge in [0.15, 0.2) is 30.5 Å². The maximum atomic E-state index is 16.6. The van der Waals surface area contributed by atoms with Gasteiger partial charge >= 0.3 is 0 Å². The Bertz CT molecular complexity index is 977. The number of guanidine groups is 1. The number of hydrogen-bond donors (Lipinski definition) is 12. The van der Waals surface area contributed by atoms with E-state index in [2.05, 4.69) is 10.3 Å². The summed E-state index contributed by atoms with van der Waals surface area (Å²) >= 11 is 0. The van der Waals surface area contributed by atoms with Gasteiger partial charge < -0.3 is 83.6 Å². The first-order valence-electron chi connectivity index (χ1n) is 15.6. The lowest BCUT2D eigenvalue weighted by molar-refractivity contribution is -0.315. The van der Waals surface area contributed by atoms with E-state index in [0.29, 0.717) is 6.42 Å². The minimum atomic E-state index is -2.07. The highest BCUT2D eigenvalue weighted by molar-refractivity contribution is 5.83. The van der Waals surface area contributed by atoms with Crippen LogP contribution in [0.1, 0.15) is 32.1 Å². The number of halogens is 1. The lowest BCUT2D eigenvalue weighted by atomic mass is 9.77. The second kappa shape index (κ2) is 18.2. The first kappa shape index (κ1) is 38.8. The van der Waals surface area contributed by atoms with Crippen LogP contribution in [0.3, 0.4) is 0 Å². The molecule has 15 atom stereocenters. The van der Waals surface area contributed by atoms with E-state index in [-0.39, 0.29) is 57.9 Å². The van der Waals surface area contributed by atoms with Crippen molar-refractivity contribution in [2.24, 2.45) is 39.6 Å². The molecule has 46 heavy (non-hydrogen) atoms. The van der Waals surface area contributed by atoms with E-state index >= 15 is 4.39 Å². The number of ether oxygens (including phenoxy) is 4. The molecule has 0 spiro atoms. The number of alkyl halides is 1. The summed E-state index contributed by atoms with van der Waals surface area (Å²) in [5.74, 6) is -1.76. The molecule has 3 rings (SSSR count). The number of nitrogens with two attached hydrogens (primary N) is 5. The zero-order chi connectivity index (χ0) is 34.1. The number of nitrogens with zero attached hydrogens (tertiary/aromatic N) is 1. The van der Waals surface area contributed by atoms with E-state index < -0.39 is 104 Å². The highest BCUT2D eigenvalue weighted by Gasteiger charge is 2.52. The predicted octanol–water partition coefficient (Wildman–Crippen LogP) is -6.03. The van der Waals surface area contributed by atoms with Crippen LogP contribution < -0.4 is 34.0 Å². The summed E-state index contributed by atoms with van der Waals surface area (Å²) < 4.78 is 39.8. The molecule has 18 nitrogen and oxygen atoms in total. The Labute approximate surface area is 266 Å². The van der Waals surface area contributed by atoms with Crippen LogP contribution in [-0.2, 0) is 23.7 Å². The first-order valence-corrected chi connectivity index (χ1v) is 15.6. The number of nitrogens with one attached hydrogen (secondary N) is 1. The number of aliphatic hydroxyl groups excluding tert-OH is 6. The summed E-state index contributed by atoms with van der Waals surface area (Å²) in [5, 5.41) is 63.9. The molecule has 6 unspecified atom stereocenters. The molecule has 0 aromatic heterocycles. The van der Waals surface area contributed by atoms with E-state index in [1.165, 1.54) is 0 Å². The lowest BCUT2D eigenvalue weighted by Gasteiger charge is -2.48. The van der Waals surface area contributed by atoms with Crippen molar-refractivity contribution < 1.29 is 58.8 Å². The van der Waals surface area contributed by atoms with Crippen LogP contribution in [0, 0.1) is 5.92 Å². The summed E-state index contributed by atoms with van der Waals surface area (Å²) in [6.45, 7) is -0.723. The van der Waals surface area contributed by atoms with Crippen molar-refractivity contribution >= 4 is 11.7 Å². The maximum absolute atomic E-state index is 16.6. The number of hydrogen-bond acceptors (Lipinski definition) is 16. The zero-order valence-corrected chi connectivity index (χ0v) is 25.7. The second-order valence-corrected chi connectivity index (χ2v) is 12.0. The molecule has 2 aliphatic heterocycles. The summed E-state index contributed by atoms with van der Waals surface area (Å²) in [4.78, 5) is 16.9. The Hall–Kier alpha value is -1.69. The van der Waals surface area contributed by atoms with E-state index in [9.17, 15) is 30.3 Å². The van der Waals surface area contributed by atoms with Gasteiger partial charge in [0.05, 0.1) is 37.0 Å². The van der Waals surface area contributed by atoms with Gasteiger partial charge in [-0.3, -0.25) is 9.79 Å². The highest BCUT2D eigenvalue weighted by Crippen LogP contribution is 2.37. The van der Waals surface area contributed by atoms with Gasteiger partial charge in [0, 0.05) is 32.2 Å². The Balaban J connectivity index is 1.87.